The molecule has 8 nitrogen and oxygen atoms in total. The third-order valence-electron chi connectivity index (χ3n) is 6.81. The van der Waals surface area contributed by atoms with Crippen molar-refractivity contribution in [3.63, 3.8) is 0 Å². The zero-order chi connectivity index (χ0) is 24.6. The first-order valence-electron chi connectivity index (χ1n) is 12.0. The number of carbonyl (C=O) groups is 1. The van der Waals surface area contributed by atoms with Crippen molar-refractivity contribution in [1.29, 1.82) is 0 Å². The molecule has 8 heteroatoms. The van der Waals surface area contributed by atoms with Crippen LogP contribution in [0.3, 0.4) is 0 Å². The molecule has 5 heterocycles. The summed E-state index contributed by atoms with van der Waals surface area (Å²) in [6.07, 6.45) is 12.3. The number of benzene rings is 1. The van der Waals surface area contributed by atoms with E-state index in [9.17, 15) is 4.79 Å². The lowest BCUT2D eigenvalue weighted by Gasteiger charge is -2.26. The average molecular weight is 476 g/mol. The van der Waals surface area contributed by atoms with Crippen LogP contribution in [0.15, 0.2) is 66.7 Å². The summed E-state index contributed by atoms with van der Waals surface area (Å²) >= 11 is 0. The summed E-state index contributed by atoms with van der Waals surface area (Å²) in [5.74, 6) is 0.653. The lowest BCUT2D eigenvalue weighted by molar-refractivity contribution is 0.0726. The van der Waals surface area contributed by atoms with E-state index in [1.165, 1.54) is 6.42 Å². The summed E-state index contributed by atoms with van der Waals surface area (Å²) in [5.41, 5.74) is 6.61. The molecule has 0 saturated carbocycles. The SMILES string of the molecule is C=Cc1cc(-c2ncc3c(-c4ccn5ncc(C(=O)N6CCCCC6)c5c4)c[nH]c3n2)ccc1N=C. The van der Waals surface area contributed by atoms with Gasteiger partial charge >= 0.3 is 0 Å². The smallest absolute Gasteiger partial charge is 0.257 e. The third-order valence-corrected chi connectivity index (χ3v) is 6.81. The molecule has 5 aromatic rings. The van der Waals surface area contributed by atoms with Gasteiger partial charge in [-0.3, -0.25) is 9.79 Å². The van der Waals surface area contributed by atoms with Crippen molar-refractivity contribution in [3.05, 3.63) is 72.8 Å². The Hall–Kier alpha value is -4.59. The molecule has 4 aromatic heterocycles. The van der Waals surface area contributed by atoms with E-state index in [4.69, 9.17) is 4.98 Å². The number of hydrogen-bond acceptors (Lipinski definition) is 5. The number of likely N-dealkylation sites (tertiary alicyclic amines) is 1. The molecule has 1 aromatic carbocycles. The Morgan fingerprint density at radius 2 is 1.94 bits per heavy atom. The van der Waals surface area contributed by atoms with E-state index in [1.54, 1.807) is 16.8 Å². The number of aromatic amines is 1. The highest BCUT2D eigenvalue weighted by molar-refractivity contribution is 6.02. The number of hydrogen-bond donors (Lipinski definition) is 1. The number of nitrogens with zero attached hydrogens (tertiary/aromatic N) is 6. The molecular weight excluding hydrogens is 450 g/mol. The number of H-pyrrole nitrogens is 1. The highest BCUT2D eigenvalue weighted by Gasteiger charge is 2.22. The first kappa shape index (κ1) is 21.9. The highest BCUT2D eigenvalue weighted by Crippen LogP contribution is 2.31. The number of piperidine rings is 1. The summed E-state index contributed by atoms with van der Waals surface area (Å²) in [6.45, 7) is 9.08. The van der Waals surface area contributed by atoms with Gasteiger partial charge in [0.2, 0.25) is 0 Å². The van der Waals surface area contributed by atoms with E-state index >= 15 is 0 Å². The largest absolute Gasteiger partial charge is 0.345 e. The van der Waals surface area contributed by atoms with Gasteiger partial charge in [0.05, 0.1) is 23.0 Å². The van der Waals surface area contributed by atoms with Crippen LogP contribution >= 0.6 is 0 Å². The monoisotopic (exact) mass is 475 g/mol. The van der Waals surface area contributed by atoms with Crippen molar-refractivity contribution >= 4 is 40.9 Å². The van der Waals surface area contributed by atoms with Crippen LogP contribution < -0.4 is 0 Å². The van der Waals surface area contributed by atoms with Gasteiger partial charge < -0.3 is 9.88 Å². The van der Waals surface area contributed by atoms with E-state index in [0.717, 1.165) is 70.4 Å². The van der Waals surface area contributed by atoms with Crippen molar-refractivity contribution in [2.75, 3.05) is 13.1 Å². The summed E-state index contributed by atoms with van der Waals surface area (Å²) < 4.78 is 1.75. The molecule has 6 rings (SSSR count). The van der Waals surface area contributed by atoms with E-state index < -0.39 is 0 Å². The van der Waals surface area contributed by atoms with Crippen LogP contribution in [-0.4, -0.2) is 55.2 Å². The number of rotatable bonds is 5. The van der Waals surface area contributed by atoms with Gasteiger partial charge in [-0.2, -0.15) is 5.10 Å². The normalized spacial score (nSPS) is 13.8. The fourth-order valence-electron chi connectivity index (χ4n) is 4.87. The van der Waals surface area contributed by atoms with Crippen molar-refractivity contribution in [2.24, 2.45) is 4.99 Å². The Bertz CT molecular complexity index is 1640. The number of amides is 1. The summed E-state index contributed by atoms with van der Waals surface area (Å²) in [5, 5.41) is 5.31. The third kappa shape index (κ3) is 3.67. The van der Waals surface area contributed by atoms with E-state index in [1.807, 2.05) is 53.8 Å². The average Bonchev–Trinajstić information content (AvgIpc) is 3.56. The quantitative estimate of drug-likeness (QED) is 0.338. The number of carbonyl (C=O) groups excluding carboxylic acids is 1. The molecule has 1 amide bonds. The molecular formula is C28H25N7O. The lowest BCUT2D eigenvalue weighted by atomic mass is 10.1. The van der Waals surface area contributed by atoms with E-state index in [-0.39, 0.29) is 5.91 Å². The van der Waals surface area contributed by atoms with Crippen LogP contribution in [-0.2, 0) is 0 Å². The van der Waals surface area contributed by atoms with Crippen LogP contribution in [0.25, 0.3) is 45.1 Å². The molecule has 1 fully saturated rings. The topological polar surface area (TPSA) is 91.5 Å². The van der Waals surface area contributed by atoms with Crippen molar-refractivity contribution in [1.82, 2.24) is 29.5 Å². The highest BCUT2D eigenvalue weighted by atomic mass is 16.2. The van der Waals surface area contributed by atoms with Crippen LogP contribution in [0, 0.1) is 0 Å². The molecule has 1 aliphatic rings. The second-order valence-corrected chi connectivity index (χ2v) is 8.95. The van der Waals surface area contributed by atoms with Crippen LogP contribution in [0.4, 0.5) is 5.69 Å². The molecule has 1 N–H and O–H groups in total. The Balaban J connectivity index is 1.37. The minimum Gasteiger partial charge on any atom is -0.345 e. The van der Waals surface area contributed by atoms with Gasteiger partial charge in [-0.25, -0.2) is 14.5 Å². The molecule has 178 valence electrons. The van der Waals surface area contributed by atoms with Crippen molar-refractivity contribution < 1.29 is 4.79 Å². The van der Waals surface area contributed by atoms with Crippen LogP contribution in [0.1, 0.15) is 35.2 Å². The fourth-order valence-corrected chi connectivity index (χ4v) is 4.87. The maximum absolute atomic E-state index is 13.2. The number of aromatic nitrogens is 5. The Morgan fingerprint density at radius 3 is 2.75 bits per heavy atom. The summed E-state index contributed by atoms with van der Waals surface area (Å²) in [4.78, 5) is 31.8. The minimum atomic E-state index is 0.0466. The minimum absolute atomic E-state index is 0.0466. The maximum Gasteiger partial charge on any atom is 0.257 e. The van der Waals surface area contributed by atoms with Crippen LogP contribution in [0.2, 0.25) is 0 Å². The number of fused-ring (bicyclic) bond motifs is 2. The molecule has 0 aliphatic carbocycles. The molecule has 0 unspecified atom stereocenters. The van der Waals surface area contributed by atoms with Gasteiger partial charge in [-0.1, -0.05) is 12.7 Å². The maximum atomic E-state index is 13.2. The molecule has 36 heavy (non-hydrogen) atoms. The lowest BCUT2D eigenvalue weighted by Crippen LogP contribution is -2.35. The first-order chi connectivity index (χ1) is 17.7. The molecule has 0 bridgehead atoms. The molecule has 0 spiro atoms. The standard InChI is InChI=1S/C28H25N7O/c1-3-18-13-20(7-8-24(18)29-2)26-30-16-22-21(15-31-27(22)33-26)19-9-12-35-25(14-19)23(17-32-35)28(36)34-10-5-4-6-11-34/h3,7-9,12-17H,1-2,4-6,10-11H2,(H,30,31,33). The Kier molecular flexibility index (Phi) is 5.41. The molecule has 1 saturated heterocycles. The van der Waals surface area contributed by atoms with Gasteiger partial charge in [0.1, 0.15) is 5.65 Å². The molecule has 1 aliphatic heterocycles. The van der Waals surface area contributed by atoms with Gasteiger partial charge in [0.25, 0.3) is 5.91 Å². The number of pyridine rings is 1. The van der Waals surface area contributed by atoms with Crippen LogP contribution in [0.5, 0.6) is 0 Å². The van der Waals surface area contributed by atoms with Crippen molar-refractivity contribution in [2.45, 2.75) is 19.3 Å². The van der Waals surface area contributed by atoms with E-state index in [2.05, 4.69) is 33.4 Å². The molecule has 0 radical (unpaired) electrons. The molecule has 0 atom stereocenters. The van der Waals surface area contributed by atoms with Gasteiger partial charge in [-0.15, -0.1) is 0 Å². The first-order valence-corrected chi connectivity index (χ1v) is 12.0. The number of aliphatic imine (C=N–C) groups is 1. The summed E-state index contributed by atoms with van der Waals surface area (Å²) in [7, 11) is 0. The van der Waals surface area contributed by atoms with Gasteiger partial charge in [0, 0.05) is 53.8 Å². The van der Waals surface area contributed by atoms with Gasteiger partial charge in [0.15, 0.2) is 5.82 Å². The zero-order valence-corrected chi connectivity index (χ0v) is 19.8. The van der Waals surface area contributed by atoms with E-state index in [0.29, 0.717) is 11.4 Å². The second-order valence-electron chi connectivity index (χ2n) is 8.95. The number of nitrogens with one attached hydrogen (secondary N) is 1. The predicted octanol–water partition coefficient (Wildman–Crippen LogP) is 5.54. The Morgan fingerprint density at radius 1 is 1.08 bits per heavy atom. The second kappa shape index (κ2) is 8.88. The Labute approximate surface area is 208 Å². The fraction of sp³-hybridized carbons (Fsp3) is 0.179. The summed E-state index contributed by atoms with van der Waals surface area (Å²) in [6, 6.07) is 9.77. The predicted molar refractivity (Wildman–Crippen MR) is 143 cm³/mol. The van der Waals surface area contributed by atoms with Gasteiger partial charge in [-0.05, 0) is 61.9 Å². The van der Waals surface area contributed by atoms with Crippen molar-refractivity contribution in [3.8, 4) is 22.5 Å². The zero-order valence-electron chi connectivity index (χ0n) is 19.8.